The molecule has 1 N–H and O–H groups in total. The minimum absolute atomic E-state index is 0.193. The Morgan fingerprint density at radius 3 is 2.74 bits per heavy atom. The number of aryl methyl sites for hydroxylation is 1. The summed E-state index contributed by atoms with van der Waals surface area (Å²) in [7, 11) is 0. The van der Waals surface area contributed by atoms with Gasteiger partial charge in [0.05, 0.1) is 0 Å². The number of unbranched alkanes of at least 4 members (excludes halogenated alkanes) is 1. The third-order valence-corrected chi connectivity index (χ3v) is 5.68. The van der Waals surface area contributed by atoms with Crippen molar-refractivity contribution in [3.8, 4) is 0 Å². The smallest absolute Gasteiger partial charge is 0.343 e. The van der Waals surface area contributed by atoms with Crippen molar-refractivity contribution in [2.45, 2.75) is 63.9 Å². The molecule has 0 atom stereocenters. The fourth-order valence-corrected chi connectivity index (χ4v) is 4.17. The van der Waals surface area contributed by atoms with Gasteiger partial charge in [-0.05, 0) is 48.1 Å². The van der Waals surface area contributed by atoms with E-state index in [1.807, 2.05) is 13.0 Å². The summed E-state index contributed by atoms with van der Waals surface area (Å²) in [5.41, 5.74) is 3.30. The molecule has 6 nitrogen and oxygen atoms in total. The van der Waals surface area contributed by atoms with Crippen LogP contribution in [0.3, 0.4) is 0 Å². The van der Waals surface area contributed by atoms with E-state index in [4.69, 9.17) is 4.42 Å². The Labute approximate surface area is 162 Å². The molecule has 0 aliphatic heterocycles. The minimum Gasteiger partial charge on any atom is -0.423 e. The number of aromatic amines is 1. The van der Waals surface area contributed by atoms with Gasteiger partial charge in [-0.15, -0.1) is 5.10 Å². The molecule has 27 heavy (non-hydrogen) atoms. The average Bonchev–Trinajstić information content (AvgIpc) is 2.96. The van der Waals surface area contributed by atoms with E-state index in [2.05, 4.69) is 37.0 Å². The zero-order chi connectivity index (χ0) is 19.6. The molecule has 7 heteroatoms. The lowest BCUT2D eigenvalue weighted by atomic mass is 9.95. The van der Waals surface area contributed by atoms with Gasteiger partial charge in [0.1, 0.15) is 5.58 Å². The van der Waals surface area contributed by atoms with Crippen LogP contribution in [0.15, 0.2) is 37.4 Å². The molecule has 0 bridgehead atoms. The summed E-state index contributed by atoms with van der Waals surface area (Å²) in [6, 6.07) is 5.59. The Balaban J connectivity index is 1.96. The van der Waals surface area contributed by atoms with E-state index in [0.717, 1.165) is 29.4 Å². The van der Waals surface area contributed by atoms with Gasteiger partial charge in [0, 0.05) is 23.8 Å². The number of aromatic nitrogens is 3. The summed E-state index contributed by atoms with van der Waals surface area (Å²) < 4.78 is 7.07. The molecular formula is C20H25N3O3S. The normalized spacial score (nSPS) is 11.6. The number of hydrogen-bond donors (Lipinski definition) is 1. The topological polar surface area (TPSA) is 80.9 Å². The van der Waals surface area contributed by atoms with Crippen LogP contribution in [0.4, 0.5) is 0 Å². The molecule has 0 aliphatic rings. The Kier molecular flexibility index (Phi) is 5.89. The highest BCUT2D eigenvalue weighted by molar-refractivity contribution is 7.98. The highest BCUT2D eigenvalue weighted by atomic mass is 32.2. The summed E-state index contributed by atoms with van der Waals surface area (Å²) in [5.74, 6) is 0.923. The Hall–Kier alpha value is -2.28. The van der Waals surface area contributed by atoms with Crippen LogP contribution in [0.2, 0.25) is 0 Å². The number of hydrogen-bond acceptors (Lipinski definition) is 5. The molecular weight excluding hydrogens is 362 g/mol. The van der Waals surface area contributed by atoms with Gasteiger partial charge < -0.3 is 4.42 Å². The highest BCUT2D eigenvalue weighted by Gasteiger charge is 2.14. The SMILES string of the molecule is CCCCn1c(SCc2cc(=O)oc3cc(C)c(C(C)C)cc23)n[nH]c1=O. The predicted molar refractivity (Wildman–Crippen MR) is 109 cm³/mol. The van der Waals surface area contributed by atoms with Crippen molar-refractivity contribution >= 4 is 22.7 Å². The lowest BCUT2D eigenvalue weighted by Gasteiger charge is -2.13. The maximum atomic E-state index is 12.0. The quantitative estimate of drug-likeness (QED) is 0.485. The van der Waals surface area contributed by atoms with Crippen LogP contribution in [-0.2, 0) is 12.3 Å². The van der Waals surface area contributed by atoms with Crippen molar-refractivity contribution < 1.29 is 4.42 Å². The van der Waals surface area contributed by atoms with E-state index in [1.165, 1.54) is 23.4 Å². The van der Waals surface area contributed by atoms with Crippen LogP contribution in [0.25, 0.3) is 11.0 Å². The second-order valence-electron chi connectivity index (χ2n) is 7.06. The van der Waals surface area contributed by atoms with Crippen molar-refractivity contribution in [1.82, 2.24) is 14.8 Å². The molecule has 0 amide bonds. The average molecular weight is 388 g/mol. The van der Waals surface area contributed by atoms with Crippen LogP contribution in [-0.4, -0.2) is 14.8 Å². The zero-order valence-corrected chi connectivity index (χ0v) is 17.0. The van der Waals surface area contributed by atoms with Gasteiger partial charge >= 0.3 is 11.3 Å². The summed E-state index contributed by atoms with van der Waals surface area (Å²) in [5, 5.41) is 8.24. The number of benzene rings is 1. The van der Waals surface area contributed by atoms with Crippen LogP contribution < -0.4 is 11.3 Å². The summed E-state index contributed by atoms with van der Waals surface area (Å²) >= 11 is 1.45. The summed E-state index contributed by atoms with van der Waals surface area (Å²) in [4.78, 5) is 24.0. The Bertz CT molecular complexity index is 1060. The third kappa shape index (κ3) is 4.18. The molecule has 144 valence electrons. The van der Waals surface area contributed by atoms with Gasteiger partial charge in [-0.1, -0.05) is 39.0 Å². The third-order valence-electron chi connectivity index (χ3n) is 4.65. The first-order valence-electron chi connectivity index (χ1n) is 9.26. The van der Waals surface area contributed by atoms with Crippen LogP contribution in [0.1, 0.15) is 56.2 Å². The number of fused-ring (bicyclic) bond motifs is 1. The second kappa shape index (κ2) is 8.17. The molecule has 2 heterocycles. The molecule has 0 radical (unpaired) electrons. The summed E-state index contributed by atoms with van der Waals surface area (Å²) in [6.07, 6.45) is 1.92. The first-order chi connectivity index (χ1) is 12.9. The minimum atomic E-state index is -0.361. The molecule has 1 aromatic carbocycles. The van der Waals surface area contributed by atoms with Gasteiger partial charge in [-0.25, -0.2) is 14.7 Å². The van der Waals surface area contributed by atoms with Gasteiger partial charge in [-0.3, -0.25) is 4.57 Å². The lowest BCUT2D eigenvalue weighted by molar-refractivity contribution is 0.559. The summed E-state index contributed by atoms with van der Waals surface area (Å²) in [6.45, 7) is 9.06. The maximum absolute atomic E-state index is 12.0. The van der Waals surface area contributed by atoms with Crippen molar-refractivity contribution in [2.24, 2.45) is 0 Å². The fraction of sp³-hybridized carbons (Fsp3) is 0.450. The van der Waals surface area contributed by atoms with Gasteiger partial charge in [0.25, 0.3) is 0 Å². The van der Waals surface area contributed by atoms with E-state index in [1.54, 1.807) is 4.57 Å². The predicted octanol–water partition coefficient (Wildman–Crippen LogP) is 4.20. The Morgan fingerprint density at radius 1 is 1.26 bits per heavy atom. The molecule has 3 rings (SSSR count). The van der Waals surface area contributed by atoms with Crippen molar-refractivity contribution in [3.63, 3.8) is 0 Å². The second-order valence-corrected chi connectivity index (χ2v) is 8.00. The standard InChI is InChI=1S/C20H25N3O3S/c1-5-6-7-23-19(25)21-22-20(23)27-11-14-9-18(24)26-17-8-13(4)15(12(2)3)10-16(14)17/h8-10,12H,5-7,11H2,1-4H3,(H,21,25). The number of thioether (sulfide) groups is 1. The first kappa shape index (κ1) is 19.5. The van der Waals surface area contributed by atoms with Crippen molar-refractivity contribution in [3.05, 3.63) is 55.8 Å². The van der Waals surface area contributed by atoms with Crippen LogP contribution >= 0.6 is 11.8 Å². The number of rotatable bonds is 7. The highest BCUT2D eigenvalue weighted by Crippen LogP contribution is 2.29. The molecule has 0 saturated heterocycles. The largest absolute Gasteiger partial charge is 0.423 e. The number of nitrogens with zero attached hydrogens (tertiary/aromatic N) is 2. The number of nitrogens with one attached hydrogen (secondary N) is 1. The molecule has 0 fully saturated rings. The molecule has 0 saturated carbocycles. The van der Waals surface area contributed by atoms with Crippen molar-refractivity contribution in [2.75, 3.05) is 0 Å². The number of H-pyrrole nitrogens is 1. The molecule has 0 aliphatic carbocycles. The van der Waals surface area contributed by atoms with E-state index < -0.39 is 0 Å². The Morgan fingerprint density at radius 2 is 2.04 bits per heavy atom. The van der Waals surface area contributed by atoms with Crippen molar-refractivity contribution in [1.29, 1.82) is 0 Å². The lowest BCUT2D eigenvalue weighted by Crippen LogP contribution is -2.17. The van der Waals surface area contributed by atoms with E-state index in [-0.39, 0.29) is 11.3 Å². The van der Waals surface area contributed by atoms with E-state index >= 15 is 0 Å². The molecule has 0 spiro atoms. The maximum Gasteiger partial charge on any atom is 0.343 e. The van der Waals surface area contributed by atoms with Gasteiger partial charge in [0.2, 0.25) is 0 Å². The van der Waals surface area contributed by atoms with Gasteiger partial charge in [0.15, 0.2) is 5.16 Å². The zero-order valence-electron chi connectivity index (χ0n) is 16.2. The molecule has 0 unspecified atom stereocenters. The first-order valence-corrected chi connectivity index (χ1v) is 10.2. The van der Waals surface area contributed by atoms with Crippen LogP contribution in [0, 0.1) is 6.92 Å². The fourth-order valence-electron chi connectivity index (χ4n) is 3.20. The van der Waals surface area contributed by atoms with Gasteiger partial charge in [-0.2, -0.15) is 0 Å². The van der Waals surface area contributed by atoms with Crippen LogP contribution in [0.5, 0.6) is 0 Å². The van der Waals surface area contributed by atoms with E-state index in [0.29, 0.717) is 29.0 Å². The van der Waals surface area contributed by atoms with E-state index in [9.17, 15) is 9.59 Å². The molecule has 2 aromatic heterocycles. The monoisotopic (exact) mass is 387 g/mol. The molecule has 3 aromatic rings.